The third kappa shape index (κ3) is 3.91. The molecule has 5 heteroatoms. The van der Waals surface area contributed by atoms with Gasteiger partial charge in [-0.05, 0) is 19.4 Å². The highest BCUT2D eigenvalue weighted by atomic mass is 16.5. The van der Waals surface area contributed by atoms with Crippen LogP contribution in [-0.2, 0) is 9.53 Å². The lowest BCUT2D eigenvalue weighted by atomic mass is 9.95. The summed E-state index contributed by atoms with van der Waals surface area (Å²) in [6, 6.07) is 10.5. The molecule has 0 aliphatic carbocycles. The molecule has 0 bridgehead atoms. The van der Waals surface area contributed by atoms with Crippen molar-refractivity contribution in [1.82, 2.24) is 9.80 Å². The van der Waals surface area contributed by atoms with Gasteiger partial charge in [-0.2, -0.15) is 0 Å². The van der Waals surface area contributed by atoms with Crippen LogP contribution in [0.4, 0.5) is 0 Å². The van der Waals surface area contributed by atoms with Crippen molar-refractivity contribution >= 4 is 5.91 Å². The van der Waals surface area contributed by atoms with Gasteiger partial charge in [-0.1, -0.05) is 30.3 Å². The molecule has 2 unspecified atom stereocenters. The number of nitrogens with zero attached hydrogens (tertiary/aromatic N) is 2. The van der Waals surface area contributed by atoms with E-state index >= 15 is 0 Å². The molecule has 1 aromatic carbocycles. The van der Waals surface area contributed by atoms with Gasteiger partial charge in [0.05, 0.1) is 18.8 Å². The van der Waals surface area contributed by atoms with E-state index in [0.29, 0.717) is 25.6 Å². The highest BCUT2D eigenvalue weighted by Gasteiger charge is 2.34. The Labute approximate surface area is 138 Å². The van der Waals surface area contributed by atoms with E-state index < -0.39 is 0 Å². The van der Waals surface area contributed by atoms with Crippen molar-refractivity contribution in [2.75, 3.05) is 32.7 Å². The van der Waals surface area contributed by atoms with Gasteiger partial charge in [0.1, 0.15) is 0 Å². The van der Waals surface area contributed by atoms with Crippen molar-refractivity contribution in [1.29, 1.82) is 0 Å². The van der Waals surface area contributed by atoms with E-state index in [-0.39, 0.29) is 24.2 Å². The maximum Gasteiger partial charge on any atom is 0.236 e. The second-order valence-corrected chi connectivity index (χ2v) is 6.93. The maximum atomic E-state index is 12.6. The molecular formula is C18H27N3O2. The van der Waals surface area contributed by atoms with Crippen LogP contribution >= 0.6 is 0 Å². The standard InChI is InChI=1S/C18H27N3O2/c1-13-8-21(9-14(2)23-13)18(22)12-20-10-16(17(19)11-20)15-6-4-3-5-7-15/h3-7,13-14,16-17H,8-12,19H2,1-2H3/t13?,14?,16-,17+/m0/s1. The van der Waals surface area contributed by atoms with Crippen LogP contribution in [0.25, 0.3) is 0 Å². The number of hydrogen-bond donors (Lipinski definition) is 1. The zero-order chi connectivity index (χ0) is 16.4. The number of carbonyl (C=O) groups is 1. The summed E-state index contributed by atoms with van der Waals surface area (Å²) < 4.78 is 5.70. The molecule has 3 rings (SSSR count). The molecule has 5 nitrogen and oxygen atoms in total. The van der Waals surface area contributed by atoms with E-state index in [1.165, 1.54) is 5.56 Å². The summed E-state index contributed by atoms with van der Waals surface area (Å²) in [5, 5.41) is 0. The van der Waals surface area contributed by atoms with Crippen molar-refractivity contribution in [2.24, 2.45) is 5.73 Å². The molecule has 2 fully saturated rings. The number of ether oxygens (including phenoxy) is 1. The molecule has 0 aromatic heterocycles. The third-order valence-corrected chi connectivity index (χ3v) is 4.80. The van der Waals surface area contributed by atoms with Gasteiger partial charge in [-0.3, -0.25) is 9.69 Å². The van der Waals surface area contributed by atoms with Crippen LogP contribution < -0.4 is 5.73 Å². The summed E-state index contributed by atoms with van der Waals surface area (Å²) in [6.07, 6.45) is 0.223. The summed E-state index contributed by atoms with van der Waals surface area (Å²) in [6.45, 7) is 7.50. The quantitative estimate of drug-likeness (QED) is 0.905. The first kappa shape index (κ1) is 16.4. The Morgan fingerprint density at radius 1 is 1.13 bits per heavy atom. The van der Waals surface area contributed by atoms with Crippen molar-refractivity contribution in [3.63, 3.8) is 0 Å². The van der Waals surface area contributed by atoms with Gasteiger partial charge in [-0.15, -0.1) is 0 Å². The molecule has 2 heterocycles. The van der Waals surface area contributed by atoms with Gasteiger partial charge in [0, 0.05) is 38.1 Å². The second kappa shape index (κ2) is 6.99. The predicted octanol–water partition coefficient (Wildman–Crippen LogP) is 1.05. The smallest absolute Gasteiger partial charge is 0.236 e. The van der Waals surface area contributed by atoms with E-state index in [0.717, 1.165) is 13.1 Å². The van der Waals surface area contributed by atoms with E-state index in [2.05, 4.69) is 17.0 Å². The lowest BCUT2D eigenvalue weighted by Gasteiger charge is -2.36. The number of rotatable bonds is 3. The highest BCUT2D eigenvalue weighted by Crippen LogP contribution is 2.26. The number of hydrogen-bond acceptors (Lipinski definition) is 4. The summed E-state index contributed by atoms with van der Waals surface area (Å²) in [5.74, 6) is 0.499. The molecule has 0 saturated carbocycles. The predicted molar refractivity (Wildman–Crippen MR) is 90.2 cm³/mol. The third-order valence-electron chi connectivity index (χ3n) is 4.80. The van der Waals surface area contributed by atoms with E-state index in [4.69, 9.17) is 10.5 Å². The second-order valence-electron chi connectivity index (χ2n) is 6.93. The Bertz CT molecular complexity index is 526. The fourth-order valence-corrected chi connectivity index (χ4v) is 3.77. The minimum Gasteiger partial charge on any atom is -0.372 e. The van der Waals surface area contributed by atoms with Crippen LogP contribution in [-0.4, -0.2) is 66.7 Å². The summed E-state index contributed by atoms with van der Waals surface area (Å²) in [5.41, 5.74) is 7.58. The summed E-state index contributed by atoms with van der Waals surface area (Å²) >= 11 is 0. The van der Waals surface area contributed by atoms with E-state index in [1.54, 1.807) is 0 Å². The van der Waals surface area contributed by atoms with Crippen LogP contribution in [0.15, 0.2) is 30.3 Å². The fourth-order valence-electron chi connectivity index (χ4n) is 3.77. The van der Waals surface area contributed by atoms with E-state index in [1.807, 2.05) is 36.9 Å². The van der Waals surface area contributed by atoms with Gasteiger partial charge in [0.25, 0.3) is 0 Å². The number of benzene rings is 1. The minimum absolute atomic E-state index is 0.0905. The monoisotopic (exact) mass is 317 g/mol. The van der Waals surface area contributed by atoms with Crippen molar-refractivity contribution < 1.29 is 9.53 Å². The van der Waals surface area contributed by atoms with Gasteiger partial charge >= 0.3 is 0 Å². The average Bonchev–Trinajstić information content (AvgIpc) is 2.87. The van der Waals surface area contributed by atoms with Gasteiger partial charge in [0.2, 0.25) is 5.91 Å². The normalized spacial score (nSPS) is 32.2. The molecular weight excluding hydrogens is 290 g/mol. The molecule has 2 aliphatic heterocycles. The Balaban J connectivity index is 1.58. The zero-order valence-corrected chi connectivity index (χ0v) is 14.0. The van der Waals surface area contributed by atoms with Crippen LogP contribution in [0.1, 0.15) is 25.3 Å². The first-order valence-electron chi connectivity index (χ1n) is 8.49. The SMILES string of the molecule is CC1CN(C(=O)CN2C[C@@H](N)[C@H](c3ccccc3)C2)CC(C)O1. The fraction of sp³-hybridized carbons (Fsp3) is 0.611. The van der Waals surface area contributed by atoms with Crippen LogP contribution in [0, 0.1) is 0 Å². The molecule has 126 valence electrons. The summed E-state index contributed by atoms with van der Waals surface area (Å²) in [7, 11) is 0. The van der Waals surface area contributed by atoms with E-state index in [9.17, 15) is 4.79 Å². The molecule has 0 radical (unpaired) electrons. The van der Waals surface area contributed by atoms with Crippen LogP contribution in [0.5, 0.6) is 0 Å². The van der Waals surface area contributed by atoms with Crippen molar-refractivity contribution in [2.45, 2.75) is 38.0 Å². The molecule has 0 spiro atoms. The number of likely N-dealkylation sites (tertiary alicyclic amines) is 1. The van der Waals surface area contributed by atoms with Crippen molar-refractivity contribution in [3.8, 4) is 0 Å². The topological polar surface area (TPSA) is 58.8 Å². The number of morpholine rings is 1. The largest absolute Gasteiger partial charge is 0.372 e. The Morgan fingerprint density at radius 2 is 1.78 bits per heavy atom. The molecule has 4 atom stereocenters. The van der Waals surface area contributed by atoms with Crippen molar-refractivity contribution in [3.05, 3.63) is 35.9 Å². The molecule has 2 aliphatic rings. The van der Waals surface area contributed by atoms with Crippen LogP contribution in [0.2, 0.25) is 0 Å². The molecule has 2 saturated heterocycles. The number of amides is 1. The van der Waals surface area contributed by atoms with Gasteiger partial charge < -0.3 is 15.4 Å². The first-order chi connectivity index (χ1) is 11.0. The first-order valence-corrected chi connectivity index (χ1v) is 8.49. The molecule has 1 amide bonds. The molecule has 2 N–H and O–H groups in total. The molecule has 1 aromatic rings. The average molecular weight is 317 g/mol. The number of nitrogens with two attached hydrogens (primary N) is 1. The maximum absolute atomic E-state index is 12.6. The lowest BCUT2D eigenvalue weighted by Crippen LogP contribution is -2.51. The molecule has 23 heavy (non-hydrogen) atoms. The van der Waals surface area contributed by atoms with Gasteiger partial charge in [0.15, 0.2) is 0 Å². The van der Waals surface area contributed by atoms with Gasteiger partial charge in [-0.25, -0.2) is 0 Å². The Kier molecular flexibility index (Phi) is 4.99. The Hall–Kier alpha value is -1.43. The highest BCUT2D eigenvalue weighted by molar-refractivity contribution is 5.78. The minimum atomic E-state index is 0.0905. The summed E-state index contributed by atoms with van der Waals surface area (Å²) in [4.78, 5) is 16.7. The lowest BCUT2D eigenvalue weighted by molar-refractivity contribution is -0.144. The zero-order valence-electron chi connectivity index (χ0n) is 14.0. The Morgan fingerprint density at radius 3 is 2.43 bits per heavy atom. The number of carbonyl (C=O) groups excluding carboxylic acids is 1. The van der Waals surface area contributed by atoms with Crippen LogP contribution in [0.3, 0.4) is 0 Å².